The van der Waals surface area contributed by atoms with E-state index in [1.165, 1.54) is 22.8 Å². The molecule has 1 atom stereocenters. The maximum Gasteiger partial charge on any atom is 0.409 e. The normalized spacial score (nSPS) is 16.3. The fourth-order valence-corrected chi connectivity index (χ4v) is 4.49. The van der Waals surface area contributed by atoms with Crippen molar-refractivity contribution in [3.8, 4) is 11.5 Å². The molecule has 6 rings (SSSR count). The number of ether oxygens (including phenoxy) is 1. The zero-order valence-corrected chi connectivity index (χ0v) is 22.7. The van der Waals surface area contributed by atoms with Gasteiger partial charge in [0.15, 0.2) is 29.0 Å². The molecule has 41 heavy (non-hydrogen) atoms. The number of hydrogen-bond acceptors (Lipinski definition) is 5. The minimum absolute atomic E-state index is 0. The van der Waals surface area contributed by atoms with Gasteiger partial charge in [0.05, 0.1) is 12.4 Å². The van der Waals surface area contributed by atoms with Crippen LogP contribution < -0.4 is 15.4 Å². The van der Waals surface area contributed by atoms with Crippen LogP contribution in [0.1, 0.15) is 19.8 Å². The summed E-state index contributed by atoms with van der Waals surface area (Å²) in [5, 5.41) is 5.42. The van der Waals surface area contributed by atoms with Gasteiger partial charge in [0.2, 0.25) is 17.5 Å². The Kier molecular flexibility index (Phi) is 7.67. The van der Waals surface area contributed by atoms with Crippen LogP contribution in [0.3, 0.4) is 0 Å². The van der Waals surface area contributed by atoms with Gasteiger partial charge in [0.25, 0.3) is 0 Å². The largest absolute Gasteiger partial charge is 0.453 e. The highest BCUT2D eigenvalue weighted by Gasteiger charge is 2.38. The van der Waals surface area contributed by atoms with E-state index < -0.39 is 23.5 Å². The number of nitrogens with one attached hydrogen (secondary N) is 2. The summed E-state index contributed by atoms with van der Waals surface area (Å²) >= 11 is 0. The average molecular weight is 575 g/mol. The Morgan fingerprint density at radius 1 is 1.02 bits per heavy atom. The van der Waals surface area contributed by atoms with Gasteiger partial charge in [-0.25, -0.2) is 14.2 Å². The topological polar surface area (TPSA) is 105 Å². The molecule has 0 radical (unpaired) electrons. The number of fused-ring (bicyclic) bond motifs is 1. The fraction of sp³-hybridized carbons (Fsp3) is 0.167. The summed E-state index contributed by atoms with van der Waals surface area (Å²) in [5.74, 6) is -1.96. The molecule has 3 heterocycles. The molecule has 9 nitrogen and oxygen atoms in total. The van der Waals surface area contributed by atoms with Gasteiger partial charge in [-0.05, 0) is 37.1 Å². The molecule has 2 aromatic heterocycles. The number of carbonyl (C=O) groups excluding carboxylic acids is 3. The second kappa shape index (κ2) is 11.3. The lowest BCUT2D eigenvalue weighted by Crippen LogP contribution is -2.38. The molecule has 208 valence electrons. The van der Waals surface area contributed by atoms with Crippen LogP contribution in [0.5, 0.6) is 11.5 Å². The number of nitrogens with zero attached hydrogens (tertiary/aromatic N) is 3. The number of halogens is 2. The highest BCUT2D eigenvalue weighted by atomic mass is 35.5. The third kappa shape index (κ3) is 5.87. The van der Waals surface area contributed by atoms with Crippen molar-refractivity contribution in [1.29, 1.82) is 0 Å². The standard InChI is InChI=1S/C30H24FN5O4.ClH/c1-18-7-12-23(30(39)36(18)21-5-3-2-4-6-21)29(38)32-20-10-13-25(24(31)15-20)40-22-11-14-27-33-26(17-35(27)16-22)34-28(37)19-8-9-19;/h2-7,10-17,19,23H,8-9H2,1H3,(H-,32,34,37,38);1H/p+1. The first-order valence-corrected chi connectivity index (χ1v) is 12.8. The van der Waals surface area contributed by atoms with Gasteiger partial charge >= 0.3 is 5.91 Å². The van der Waals surface area contributed by atoms with Gasteiger partial charge in [-0.15, -0.1) is 17.0 Å². The third-order valence-electron chi connectivity index (χ3n) is 6.72. The molecule has 0 bridgehead atoms. The summed E-state index contributed by atoms with van der Waals surface area (Å²) in [6.07, 6.45) is 8.34. The number of amides is 3. The monoisotopic (exact) mass is 574 g/mol. The molecule has 0 saturated heterocycles. The molecule has 4 aromatic rings. The van der Waals surface area contributed by atoms with Gasteiger partial charge in [-0.1, -0.05) is 24.3 Å². The zero-order chi connectivity index (χ0) is 27.8. The van der Waals surface area contributed by atoms with Crippen molar-refractivity contribution in [3.05, 3.63) is 91.0 Å². The van der Waals surface area contributed by atoms with E-state index in [2.05, 4.69) is 15.6 Å². The van der Waals surface area contributed by atoms with Crippen molar-refractivity contribution in [2.75, 3.05) is 10.6 Å². The van der Waals surface area contributed by atoms with E-state index in [0.717, 1.165) is 18.9 Å². The molecule has 2 N–H and O–H groups in total. The predicted molar refractivity (Wildman–Crippen MR) is 154 cm³/mol. The molecule has 2 aliphatic rings. The van der Waals surface area contributed by atoms with Gasteiger partial charge in [0, 0.05) is 42.8 Å². The number of benzene rings is 2. The second-order valence-corrected chi connectivity index (χ2v) is 9.74. The summed E-state index contributed by atoms with van der Waals surface area (Å²) < 4.78 is 23.8. The van der Waals surface area contributed by atoms with Crippen molar-refractivity contribution >= 4 is 58.7 Å². The number of carbonyl (C=O) groups is 3. The third-order valence-corrected chi connectivity index (χ3v) is 6.72. The van der Waals surface area contributed by atoms with Crippen molar-refractivity contribution < 1.29 is 28.1 Å². The first-order chi connectivity index (χ1) is 19.4. The van der Waals surface area contributed by atoms with E-state index >= 15 is 0 Å². The highest BCUT2D eigenvalue weighted by molar-refractivity contribution is 6.10. The van der Waals surface area contributed by atoms with Crippen LogP contribution in [-0.4, -0.2) is 37.4 Å². The van der Waals surface area contributed by atoms with Crippen LogP contribution in [0.25, 0.3) is 5.65 Å². The molecule has 1 unspecified atom stereocenters. The number of anilines is 2. The van der Waals surface area contributed by atoms with Crippen LogP contribution in [0.4, 0.5) is 21.6 Å². The molecule has 2 aromatic carbocycles. The maximum absolute atomic E-state index is 14.9. The molecule has 1 saturated carbocycles. The van der Waals surface area contributed by atoms with E-state index in [-0.39, 0.29) is 35.7 Å². The van der Waals surface area contributed by atoms with Gasteiger partial charge in [-0.2, -0.15) is 0 Å². The van der Waals surface area contributed by atoms with E-state index in [0.29, 0.717) is 28.6 Å². The molecule has 1 aliphatic carbocycles. The number of aromatic nitrogens is 2. The average Bonchev–Trinajstić information content (AvgIpc) is 3.71. The summed E-state index contributed by atoms with van der Waals surface area (Å²) in [6.45, 7) is 1.79. The Hall–Kier alpha value is -4.83. The van der Waals surface area contributed by atoms with Crippen molar-refractivity contribution in [1.82, 2.24) is 9.38 Å². The minimum Gasteiger partial charge on any atom is -0.453 e. The molecular formula is C30H26ClFN5O4+. The fourth-order valence-electron chi connectivity index (χ4n) is 4.49. The van der Waals surface area contributed by atoms with Gasteiger partial charge in [-0.3, -0.25) is 9.59 Å². The van der Waals surface area contributed by atoms with Crippen LogP contribution in [0, 0.1) is 17.7 Å². The van der Waals surface area contributed by atoms with E-state index in [1.54, 1.807) is 54.1 Å². The van der Waals surface area contributed by atoms with Gasteiger partial charge < -0.3 is 19.8 Å². The molecule has 0 spiro atoms. The summed E-state index contributed by atoms with van der Waals surface area (Å²) in [5.41, 5.74) is 2.14. The Balaban J connectivity index is 0.00000337. The molecular weight excluding hydrogens is 549 g/mol. The second-order valence-electron chi connectivity index (χ2n) is 9.74. The number of imidazole rings is 1. The summed E-state index contributed by atoms with van der Waals surface area (Å²) in [7, 11) is 0. The van der Waals surface area contributed by atoms with Crippen LogP contribution >= 0.6 is 12.4 Å². The predicted octanol–water partition coefficient (Wildman–Crippen LogP) is 5.49. The Morgan fingerprint density at radius 3 is 2.54 bits per heavy atom. The van der Waals surface area contributed by atoms with Gasteiger partial charge in [0.1, 0.15) is 11.4 Å². The number of pyridine rings is 1. The Labute approximate surface area is 240 Å². The molecule has 11 heteroatoms. The molecule has 1 fully saturated rings. The number of allylic oxidation sites excluding steroid dienone is 1. The lowest BCUT2D eigenvalue weighted by Gasteiger charge is -2.15. The van der Waals surface area contributed by atoms with Crippen molar-refractivity contribution in [3.63, 3.8) is 0 Å². The highest BCUT2D eigenvalue weighted by Crippen LogP contribution is 2.31. The summed E-state index contributed by atoms with van der Waals surface area (Å²) in [6, 6.07) is 16.4. The first-order valence-electron chi connectivity index (χ1n) is 12.8. The van der Waals surface area contributed by atoms with E-state index in [9.17, 15) is 18.8 Å². The SMILES string of the molecule is CC1=[N+](c2ccccc2)C(=O)C(C(=O)Nc2ccc(Oc3ccc4nc(NC(=O)C5CC5)cn4c3)c(F)c2)C=C1.Cl. The van der Waals surface area contributed by atoms with Crippen LogP contribution in [0.2, 0.25) is 0 Å². The quantitative estimate of drug-likeness (QED) is 0.224. The van der Waals surface area contributed by atoms with Crippen molar-refractivity contribution in [2.24, 2.45) is 11.8 Å². The zero-order valence-electron chi connectivity index (χ0n) is 21.9. The molecule has 1 aliphatic heterocycles. The maximum atomic E-state index is 14.9. The summed E-state index contributed by atoms with van der Waals surface area (Å²) in [4.78, 5) is 42.5. The smallest absolute Gasteiger partial charge is 0.409 e. The Bertz CT molecular complexity index is 1730. The van der Waals surface area contributed by atoms with Crippen LogP contribution in [-0.2, 0) is 14.4 Å². The molecule has 3 amide bonds. The lowest BCUT2D eigenvalue weighted by atomic mass is 10.0. The first kappa shape index (κ1) is 27.7. The number of hydrogen-bond donors (Lipinski definition) is 2. The lowest BCUT2D eigenvalue weighted by molar-refractivity contribution is -0.370. The minimum atomic E-state index is -1.07. The van der Waals surface area contributed by atoms with E-state index in [1.807, 2.05) is 18.2 Å². The number of para-hydroxylation sites is 1. The van der Waals surface area contributed by atoms with E-state index in [4.69, 9.17) is 4.74 Å². The van der Waals surface area contributed by atoms with Crippen molar-refractivity contribution in [2.45, 2.75) is 19.8 Å². The van der Waals surface area contributed by atoms with Crippen LogP contribution in [0.15, 0.2) is 85.2 Å². The number of rotatable bonds is 7. The Morgan fingerprint density at radius 2 is 1.80 bits per heavy atom.